The number of fused-ring (bicyclic) bond motifs is 1. The number of amides is 1. The number of carbonyl (C=O) groups is 2. The summed E-state index contributed by atoms with van der Waals surface area (Å²) in [6, 6.07) is 6.78. The number of likely N-dealkylation sites (N-methyl/N-ethyl adjacent to an activating group) is 1. The van der Waals surface area contributed by atoms with Crippen molar-refractivity contribution in [3.05, 3.63) is 42.0 Å². The Bertz CT molecular complexity index is 596. The van der Waals surface area contributed by atoms with E-state index in [0.717, 1.165) is 12.8 Å². The molecule has 0 spiro atoms. The van der Waals surface area contributed by atoms with Gasteiger partial charge in [-0.05, 0) is 12.5 Å². The number of rotatable bonds is 5. The molecule has 1 heterocycles. The van der Waals surface area contributed by atoms with Crippen molar-refractivity contribution in [2.45, 2.75) is 25.4 Å². The maximum Gasteiger partial charge on any atom is 0.337 e. The number of hydrogen-bond donors (Lipinski definition) is 1. The molecular formula is C16H19NO4. The zero-order valence-corrected chi connectivity index (χ0v) is 12.3. The molecule has 1 N–H and O–H groups in total. The summed E-state index contributed by atoms with van der Waals surface area (Å²) in [7, 11) is 1.55. The molecule has 21 heavy (non-hydrogen) atoms. The minimum absolute atomic E-state index is 0.246. The molecule has 112 valence electrons. The number of aliphatic hydroxyl groups is 1. The molecule has 5 nitrogen and oxygen atoms in total. The van der Waals surface area contributed by atoms with Gasteiger partial charge in [-0.3, -0.25) is 4.79 Å². The van der Waals surface area contributed by atoms with E-state index in [1.807, 2.05) is 6.92 Å². The Hall–Kier alpha value is -2.14. The maximum absolute atomic E-state index is 12.4. The van der Waals surface area contributed by atoms with Crippen molar-refractivity contribution in [3.8, 4) is 0 Å². The minimum atomic E-state index is -2.05. The standard InChI is InChI=1S/C16H19NO4/c1-4-5-10-21-14(18)11(2)16(20)12-8-6-7-9-13(12)17(3)15(16)19/h6-9,20H,2,4-5,10H2,1,3H3/t16-/m0/s1. The van der Waals surface area contributed by atoms with E-state index in [-0.39, 0.29) is 12.2 Å². The SMILES string of the molecule is C=C(C(=O)OCCCC)[C@@]1(O)C(=O)N(C)c2ccccc21. The predicted octanol–water partition coefficient (Wildman–Crippen LogP) is 1.75. The Morgan fingerprint density at radius 3 is 2.76 bits per heavy atom. The molecule has 0 fully saturated rings. The van der Waals surface area contributed by atoms with Crippen LogP contribution in [0.1, 0.15) is 25.3 Å². The van der Waals surface area contributed by atoms with E-state index in [4.69, 9.17) is 4.74 Å². The van der Waals surface area contributed by atoms with E-state index >= 15 is 0 Å². The summed E-state index contributed by atoms with van der Waals surface area (Å²) >= 11 is 0. The highest BCUT2D eigenvalue weighted by molar-refractivity contribution is 6.13. The summed E-state index contributed by atoms with van der Waals surface area (Å²) in [5, 5.41) is 10.8. The molecule has 0 unspecified atom stereocenters. The van der Waals surface area contributed by atoms with Crippen molar-refractivity contribution < 1.29 is 19.4 Å². The second kappa shape index (κ2) is 5.69. The third-order valence-corrected chi connectivity index (χ3v) is 3.68. The highest BCUT2D eigenvalue weighted by Gasteiger charge is 2.52. The number of ether oxygens (including phenoxy) is 1. The Balaban J connectivity index is 2.31. The van der Waals surface area contributed by atoms with Gasteiger partial charge in [0.1, 0.15) is 0 Å². The number of nitrogens with zero attached hydrogens (tertiary/aromatic N) is 1. The Labute approximate surface area is 123 Å². The van der Waals surface area contributed by atoms with Crippen LogP contribution in [0, 0.1) is 0 Å². The second-order valence-electron chi connectivity index (χ2n) is 5.06. The molecule has 1 aromatic carbocycles. The van der Waals surface area contributed by atoms with Gasteiger partial charge in [0.15, 0.2) is 0 Å². The van der Waals surface area contributed by atoms with Gasteiger partial charge in [0, 0.05) is 12.6 Å². The molecule has 0 saturated heterocycles. The first-order valence-electron chi connectivity index (χ1n) is 6.91. The Morgan fingerprint density at radius 1 is 1.43 bits per heavy atom. The van der Waals surface area contributed by atoms with Crippen molar-refractivity contribution >= 4 is 17.6 Å². The zero-order valence-electron chi connectivity index (χ0n) is 12.3. The fraction of sp³-hybridized carbons (Fsp3) is 0.375. The lowest BCUT2D eigenvalue weighted by Gasteiger charge is -2.23. The summed E-state index contributed by atoms with van der Waals surface area (Å²) in [4.78, 5) is 25.7. The highest BCUT2D eigenvalue weighted by Crippen LogP contribution is 2.43. The van der Waals surface area contributed by atoms with Crippen LogP contribution in [0.25, 0.3) is 0 Å². The van der Waals surface area contributed by atoms with Crippen LogP contribution in [0.5, 0.6) is 0 Å². The number of esters is 1. The van der Waals surface area contributed by atoms with Gasteiger partial charge in [-0.25, -0.2) is 4.79 Å². The van der Waals surface area contributed by atoms with E-state index in [0.29, 0.717) is 11.3 Å². The fourth-order valence-corrected chi connectivity index (χ4v) is 2.38. The molecule has 5 heteroatoms. The smallest absolute Gasteiger partial charge is 0.337 e. The summed E-state index contributed by atoms with van der Waals surface area (Å²) < 4.78 is 5.05. The van der Waals surface area contributed by atoms with Crippen molar-refractivity contribution in [3.63, 3.8) is 0 Å². The van der Waals surface area contributed by atoms with Crippen LogP contribution >= 0.6 is 0 Å². The molecule has 0 saturated carbocycles. The number of carbonyl (C=O) groups excluding carboxylic acids is 2. The molecule has 0 aromatic heterocycles. The van der Waals surface area contributed by atoms with Crippen molar-refractivity contribution in [1.29, 1.82) is 0 Å². The number of anilines is 1. The van der Waals surface area contributed by atoms with Crippen molar-refractivity contribution in [2.75, 3.05) is 18.6 Å². The fourth-order valence-electron chi connectivity index (χ4n) is 2.38. The quantitative estimate of drug-likeness (QED) is 0.509. The van der Waals surface area contributed by atoms with Gasteiger partial charge in [0.05, 0.1) is 17.9 Å². The zero-order chi connectivity index (χ0) is 15.6. The van der Waals surface area contributed by atoms with E-state index in [1.165, 1.54) is 4.90 Å². The summed E-state index contributed by atoms with van der Waals surface area (Å²) in [5.41, 5.74) is -1.38. The first-order chi connectivity index (χ1) is 9.94. The lowest BCUT2D eigenvalue weighted by Crippen LogP contribution is -2.42. The summed E-state index contributed by atoms with van der Waals surface area (Å²) in [6.45, 7) is 5.82. The van der Waals surface area contributed by atoms with Gasteiger partial charge in [-0.15, -0.1) is 0 Å². The van der Waals surface area contributed by atoms with Crippen LogP contribution in [0.3, 0.4) is 0 Å². The van der Waals surface area contributed by atoms with E-state index in [1.54, 1.807) is 31.3 Å². The Kier molecular flexibility index (Phi) is 4.14. The Morgan fingerprint density at radius 2 is 2.10 bits per heavy atom. The average molecular weight is 289 g/mol. The van der Waals surface area contributed by atoms with E-state index < -0.39 is 17.5 Å². The highest BCUT2D eigenvalue weighted by atomic mass is 16.5. The van der Waals surface area contributed by atoms with E-state index in [9.17, 15) is 14.7 Å². The lowest BCUT2D eigenvalue weighted by atomic mass is 9.88. The largest absolute Gasteiger partial charge is 0.462 e. The number of benzene rings is 1. The topological polar surface area (TPSA) is 66.8 Å². The summed E-state index contributed by atoms with van der Waals surface area (Å²) in [5.74, 6) is -1.34. The molecule has 1 aromatic rings. The molecule has 1 atom stereocenters. The number of unbranched alkanes of at least 4 members (excludes halogenated alkanes) is 1. The first kappa shape index (κ1) is 15.3. The lowest BCUT2D eigenvalue weighted by molar-refractivity contribution is -0.146. The first-order valence-corrected chi connectivity index (χ1v) is 6.91. The molecule has 0 bridgehead atoms. The third kappa shape index (κ3) is 2.34. The van der Waals surface area contributed by atoms with Gasteiger partial charge >= 0.3 is 5.97 Å². The van der Waals surface area contributed by atoms with Crippen LogP contribution in [0.15, 0.2) is 36.4 Å². The second-order valence-corrected chi connectivity index (χ2v) is 5.06. The molecule has 0 aliphatic carbocycles. The number of hydrogen-bond acceptors (Lipinski definition) is 4. The van der Waals surface area contributed by atoms with Crippen LogP contribution in [0.4, 0.5) is 5.69 Å². The maximum atomic E-state index is 12.4. The van der Waals surface area contributed by atoms with Gasteiger partial charge in [-0.2, -0.15) is 0 Å². The van der Waals surface area contributed by atoms with Crippen molar-refractivity contribution in [1.82, 2.24) is 0 Å². The number of para-hydroxylation sites is 1. The van der Waals surface area contributed by atoms with E-state index in [2.05, 4.69) is 6.58 Å². The molecule has 1 aliphatic heterocycles. The van der Waals surface area contributed by atoms with Crippen LogP contribution in [0.2, 0.25) is 0 Å². The van der Waals surface area contributed by atoms with Gasteiger partial charge in [0.2, 0.25) is 5.60 Å². The third-order valence-electron chi connectivity index (χ3n) is 3.68. The van der Waals surface area contributed by atoms with Gasteiger partial charge in [-0.1, -0.05) is 38.1 Å². The molecule has 2 rings (SSSR count). The molecule has 1 amide bonds. The van der Waals surface area contributed by atoms with Crippen molar-refractivity contribution in [2.24, 2.45) is 0 Å². The molecule has 1 aliphatic rings. The normalized spacial score (nSPS) is 20.3. The van der Waals surface area contributed by atoms with Crippen LogP contribution < -0.4 is 4.90 Å². The monoisotopic (exact) mass is 289 g/mol. The molecule has 0 radical (unpaired) electrons. The predicted molar refractivity (Wildman–Crippen MR) is 78.8 cm³/mol. The van der Waals surface area contributed by atoms with Crippen LogP contribution in [-0.4, -0.2) is 30.6 Å². The average Bonchev–Trinajstić information content (AvgIpc) is 2.70. The van der Waals surface area contributed by atoms with Gasteiger partial charge in [0.25, 0.3) is 5.91 Å². The van der Waals surface area contributed by atoms with Crippen LogP contribution in [-0.2, 0) is 19.9 Å². The minimum Gasteiger partial charge on any atom is -0.462 e. The van der Waals surface area contributed by atoms with Gasteiger partial charge < -0.3 is 14.7 Å². The summed E-state index contributed by atoms with van der Waals surface area (Å²) in [6.07, 6.45) is 1.61. The molecular weight excluding hydrogens is 270 g/mol.